The van der Waals surface area contributed by atoms with E-state index in [1.54, 1.807) is 0 Å². The molecule has 72 valence electrons. The zero-order valence-electron chi connectivity index (χ0n) is 6.27. The lowest BCUT2D eigenvalue weighted by atomic mass is 10.2. The second-order valence-corrected chi connectivity index (χ2v) is 3.62. The minimum atomic E-state index is -2.76. The largest absolute Gasteiger partial charge is 0.505 e. The molecule has 0 radical (unpaired) electrons. The summed E-state index contributed by atoms with van der Waals surface area (Å²) >= 11 is 6.14. The number of alkyl halides is 3. The van der Waals surface area contributed by atoms with Crippen molar-refractivity contribution in [2.24, 2.45) is 0 Å². The lowest BCUT2D eigenvalue weighted by molar-refractivity contribution is 0.141. The Balaban J connectivity index is 3.23. The summed E-state index contributed by atoms with van der Waals surface area (Å²) in [5.74, 6) is -0.494. The molecule has 0 saturated carbocycles. The number of hydrogen-bond donors (Lipinski definition) is 1. The number of aromatic nitrogens is 1. The van der Waals surface area contributed by atoms with Gasteiger partial charge < -0.3 is 5.11 Å². The molecule has 1 heterocycles. The molecule has 1 aromatic rings. The Morgan fingerprint density at radius 2 is 2.15 bits per heavy atom. The molecule has 0 aromatic carbocycles. The summed E-state index contributed by atoms with van der Waals surface area (Å²) in [4.78, 5) is 3.45. The Kier molecular flexibility index (Phi) is 3.61. The van der Waals surface area contributed by atoms with Gasteiger partial charge in [0.15, 0.2) is 5.75 Å². The predicted octanol–water partition coefficient (Wildman–Crippen LogP) is 3.38. The highest BCUT2D eigenvalue weighted by Gasteiger charge is 2.18. The minimum Gasteiger partial charge on any atom is -0.505 e. The fourth-order valence-corrected chi connectivity index (χ4v) is 2.03. The van der Waals surface area contributed by atoms with Crippen LogP contribution in [0.15, 0.2) is 10.7 Å². The summed E-state index contributed by atoms with van der Waals surface area (Å²) in [6, 6.07) is 0. The first kappa shape index (κ1) is 10.8. The van der Waals surface area contributed by atoms with E-state index in [4.69, 9.17) is 0 Å². The van der Waals surface area contributed by atoms with Crippen molar-refractivity contribution in [1.82, 2.24) is 4.98 Å². The SMILES string of the molecule is Oc1c(C(F)F)ncc(CBr)c1Br. The standard InChI is InChI=1S/C7H5Br2F2NO/c8-1-3-2-12-5(7(10)11)6(13)4(3)9/h2,7,13H,1H2. The summed E-state index contributed by atoms with van der Waals surface area (Å²) in [7, 11) is 0. The topological polar surface area (TPSA) is 33.1 Å². The van der Waals surface area contributed by atoms with Gasteiger partial charge in [-0.05, 0) is 21.5 Å². The fraction of sp³-hybridized carbons (Fsp3) is 0.286. The Morgan fingerprint density at radius 3 is 2.62 bits per heavy atom. The Hall–Kier alpha value is -0.230. The van der Waals surface area contributed by atoms with Gasteiger partial charge in [-0.15, -0.1) is 0 Å². The third kappa shape index (κ3) is 2.17. The van der Waals surface area contributed by atoms with Crippen molar-refractivity contribution in [2.45, 2.75) is 11.8 Å². The first-order valence-electron chi connectivity index (χ1n) is 3.28. The number of pyridine rings is 1. The Labute approximate surface area is 90.2 Å². The van der Waals surface area contributed by atoms with E-state index in [1.165, 1.54) is 6.20 Å². The molecule has 0 saturated heterocycles. The van der Waals surface area contributed by atoms with Crippen LogP contribution in [0.5, 0.6) is 5.75 Å². The lowest BCUT2D eigenvalue weighted by Gasteiger charge is -2.06. The molecular weight excluding hydrogens is 312 g/mol. The van der Waals surface area contributed by atoms with Gasteiger partial charge in [-0.1, -0.05) is 15.9 Å². The second kappa shape index (κ2) is 4.32. The number of nitrogens with zero attached hydrogens (tertiary/aromatic N) is 1. The van der Waals surface area contributed by atoms with Crippen LogP contribution in [0.3, 0.4) is 0 Å². The van der Waals surface area contributed by atoms with Crippen LogP contribution in [0.1, 0.15) is 17.7 Å². The highest BCUT2D eigenvalue weighted by Crippen LogP contribution is 2.35. The monoisotopic (exact) mass is 315 g/mol. The molecule has 0 atom stereocenters. The van der Waals surface area contributed by atoms with E-state index in [0.717, 1.165) is 0 Å². The molecule has 1 N–H and O–H groups in total. The van der Waals surface area contributed by atoms with Crippen LogP contribution in [0, 0.1) is 0 Å². The van der Waals surface area contributed by atoms with Gasteiger partial charge in [0.25, 0.3) is 6.43 Å². The van der Waals surface area contributed by atoms with E-state index in [9.17, 15) is 13.9 Å². The summed E-state index contributed by atoms with van der Waals surface area (Å²) in [6.45, 7) is 0. The average molecular weight is 317 g/mol. The van der Waals surface area contributed by atoms with Gasteiger partial charge in [-0.2, -0.15) is 0 Å². The van der Waals surface area contributed by atoms with E-state index < -0.39 is 17.9 Å². The van der Waals surface area contributed by atoms with Crippen molar-refractivity contribution in [3.8, 4) is 5.75 Å². The lowest BCUT2D eigenvalue weighted by Crippen LogP contribution is -1.94. The normalized spacial score (nSPS) is 10.8. The van der Waals surface area contributed by atoms with Crippen molar-refractivity contribution in [3.05, 3.63) is 21.9 Å². The van der Waals surface area contributed by atoms with Crippen molar-refractivity contribution in [2.75, 3.05) is 0 Å². The quantitative estimate of drug-likeness (QED) is 0.848. The molecule has 2 nitrogen and oxygen atoms in total. The molecule has 6 heteroatoms. The van der Waals surface area contributed by atoms with Gasteiger partial charge in [0, 0.05) is 11.5 Å². The van der Waals surface area contributed by atoms with Crippen molar-refractivity contribution < 1.29 is 13.9 Å². The van der Waals surface area contributed by atoms with Gasteiger partial charge in [-0.25, -0.2) is 8.78 Å². The van der Waals surface area contributed by atoms with Crippen LogP contribution in [0.25, 0.3) is 0 Å². The van der Waals surface area contributed by atoms with Gasteiger partial charge >= 0.3 is 0 Å². The molecular formula is C7H5Br2F2NO. The van der Waals surface area contributed by atoms with Crippen molar-refractivity contribution in [1.29, 1.82) is 0 Å². The van der Waals surface area contributed by atoms with Crippen LogP contribution >= 0.6 is 31.9 Å². The maximum absolute atomic E-state index is 12.2. The molecule has 1 rings (SSSR count). The molecule has 1 aromatic heterocycles. The van der Waals surface area contributed by atoms with Gasteiger partial charge in [0.05, 0.1) is 4.47 Å². The average Bonchev–Trinajstić information content (AvgIpc) is 2.09. The van der Waals surface area contributed by atoms with E-state index in [-0.39, 0.29) is 4.47 Å². The van der Waals surface area contributed by atoms with Crippen LogP contribution in [-0.2, 0) is 5.33 Å². The van der Waals surface area contributed by atoms with Crippen LogP contribution in [0.2, 0.25) is 0 Å². The van der Waals surface area contributed by atoms with Crippen LogP contribution in [-0.4, -0.2) is 10.1 Å². The van der Waals surface area contributed by atoms with Crippen LogP contribution in [0.4, 0.5) is 8.78 Å². The van der Waals surface area contributed by atoms with Crippen molar-refractivity contribution in [3.63, 3.8) is 0 Å². The van der Waals surface area contributed by atoms with E-state index in [2.05, 4.69) is 36.8 Å². The van der Waals surface area contributed by atoms with Gasteiger partial charge in [0.1, 0.15) is 5.69 Å². The summed E-state index contributed by atoms with van der Waals surface area (Å²) in [6.07, 6.45) is -1.47. The molecule has 0 amide bonds. The zero-order valence-corrected chi connectivity index (χ0v) is 9.44. The smallest absolute Gasteiger partial charge is 0.284 e. The molecule has 0 spiro atoms. The molecule has 0 unspecified atom stereocenters. The third-order valence-electron chi connectivity index (χ3n) is 1.44. The number of aromatic hydroxyl groups is 1. The maximum atomic E-state index is 12.2. The molecule has 0 aliphatic carbocycles. The molecule has 13 heavy (non-hydrogen) atoms. The molecule has 0 fully saturated rings. The van der Waals surface area contributed by atoms with Crippen molar-refractivity contribution >= 4 is 31.9 Å². The summed E-state index contributed by atoms with van der Waals surface area (Å²) in [5.41, 5.74) is 0.0264. The predicted molar refractivity (Wildman–Crippen MR) is 51.2 cm³/mol. The summed E-state index contributed by atoms with van der Waals surface area (Å²) < 4.78 is 24.6. The molecule has 0 aliphatic heterocycles. The highest BCUT2D eigenvalue weighted by atomic mass is 79.9. The first-order valence-corrected chi connectivity index (χ1v) is 5.19. The van der Waals surface area contributed by atoms with E-state index in [0.29, 0.717) is 10.9 Å². The molecule has 0 aliphatic rings. The molecule has 0 bridgehead atoms. The van der Waals surface area contributed by atoms with E-state index >= 15 is 0 Å². The minimum absolute atomic E-state index is 0.259. The second-order valence-electron chi connectivity index (χ2n) is 2.27. The number of hydrogen-bond acceptors (Lipinski definition) is 2. The summed E-state index contributed by atoms with van der Waals surface area (Å²) in [5, 5.41) is 9.71. The Morgan fingerprint density at radius 1 is 1.54 bits per heavy atom. The van der Waals surface area contributed by atoms with E-state index in [1.807, 2.05) is 0 Å². The number of rotatable bonds is 2. The van der Waals surface area contributed by atoms with Gasteiger partial charge in [0.2, 0.25) is 0 Å². The third-order valence-corrected chi connectivity index (χ3v) is 2.93. The fourth-order valence-electron chi connectivity index (χ4n) is 0.783. The highest BCUT2D eigenvalue weighted by molar-refractivity contribution is 9.11. The zero-order chi connectivity index (χ0) is 10.0. The first-order chi connectivity index (χ1) is 6.07. The van der Waals surface area contributed by atoms with Crippen LogP contribution < -0.4 is 0 Å². The maximum Gasteiger partial charge on any atom is 0.284 e. The number of halogens is 4. The Bertz CT molecular complexity index is 320. The van der Waals surface area contributed by atoms with Gasteiger partial charge in [-0.3, -0.25) is 4.98 Å².